The molecule has 40 heavy (non-hydrogen) atoms. The van der Waals surface area contributed by atoms with Gasteiger partial charge in [-0.3, -0.25) is 14.4 Å². The van der Waals surface area contributed by atoms with Gasteiger partial charge in [0.1, 0.15) is 12.4 Å². The van der Waals surface area contributed by atoms with Gasteiger partial charge in [0.2, 0.25) is 0 Å². The van der Waals surface area contributed by atoms with Crippen LogP contribution in [0, 0.1) is 34.0 Å². The molecule has 0 spiro atoms. The van der Waals surface area contributed by atoms with E-state index in [-0.39, 0.29) is 36.9 Å². The van der Waals surface area contributed by atoms with Crippen LogP contribution in [0.25, 0.3) is 0 Å². The summed E-state index contributed by atoms with van der Waals surface area (Å²) in [5.41, 5.74) is -0.259. The molecular weight excluding hydrogens is 504 g/mol. The number of esters is 2. The number of benzene rings is 2. The highest BCUT2D eigenvalue weighted by Crippen LogP contribution is 2.52. The van der Waals surface area contributed by atoms with Crippen LogP contribution < -0.4 is 4.74 Å². The van der Waals surface area contributed by atoms with Crippen LogP contribution in [0.15, 0.2) is 54.6 Å². The van der Waals surface area contributed by atoms with Crippen LogP contribution in [0.4, 0.5) is 0 Å². The lowest BCUT2D eigenvalue weighted by Crippen LogP contribution is -2.47. The second-order valence-corrected chi connectivity index (χ2v) is 13.4. The molecule has 0 fully saturated rings. The van der Waals surface area contributed by atoms with Crippen LogP contribution in [0.5, 0.6) is 5.75 Å². The maximum Gasteiger partial charge on any atom is 0.314 e. The van der Waals surface area contributed by atoms with E-state index in [1.165, 1.54) is 0 Å². The minimum absolute atomic E-state index is 0.0311. The van der Waals surface area contributed by atoms with Crippen molar-refractivity contribution < 1.29 is 29.0 Å². The summed E-state index contributed by atoms with van der Waals surface area (Å²) >= 11 is 0. The smallest absolute Gasteiger partial charge is 0.314 e. The first-order valence-corrected chi connectivity index (χ1v) is 14.2. The summed E-state index contributed by atoms with van der Waals surface area (Å²) in [5.74, 6) is -0.972. The van der Waals surface area contributed by atoms with Gasteiger partial charge in [-0.05, 0) is 59.3 Å². The van der Waals surface area contributed by atoms with Gasteiger partial charge >= 0.3 is 11.9 Å². The van der Waals surface area contributed by atoms with Crippen LogP contribution in [0.3, 0.4) is 0 Å². The summed E-state index contributed by atoms with van der Waals surface area (Å²) in [6.07, 6.45) is 1.13. The maximum atomic E-state index is 13.6. The van der Waals surface area contributed by atoms with Gasteiger partial charge in [0, 0.05) is 11.1 Å². The fourth-order valence-corrected chi connectivity index (χ4v) is 5.01. The zero-order valence-corrected chi connectivity index (χ0v) is 25.7. The minimum atomic E-state index is -0.521. The molecule has 0 bridgehead atoms. The summed E-state index contributed by atoms with van der Waals surface area (Å²) in [5, 5.41) is 9.18. The first-order chi connectivity index (χ1) is 18.5. The molecule has 2 aromatic rings. The third-order valence-corrected chi connectivity index (χ3v) is 8.36. The number of hydrogen-bond donors (Lipinski definition) is 1. The van der Waals surface area contributed by atoms with Gasteiger partial charge in [0.25, 0.3) is 0 Å². The predicted octanol–water partition coefficient (Wildman–Crippen LogP) is 7.13. The van der Waals surface area contributed by atoms with E-state index in [0.717, 1.165) is 0 Å². The molecule has 2 atom stereocenters. The molecule has 1 N–H and O–H groups in total. The van der Waals surface area contributed by atoms with Crippen LogP contribution >= 0.6 is 0 Å². The Morgan fingerprint density at radius 3 is 1.82 bits per heavy atom. The predicted molar refractivity (Wildman–Crippen MR) is 158 cm³/mol. The monoisotopic (exact) mass is 552 g/mol. The molecule has 0 saturated heterocycles. The lowest BCUT2D eigenvalue weighted by molar-refractivity contribution is -0.160. The van der Waals surface area contributed by atoms with Crippen LogP contribution in [-0.2, 0) is 14.3 Å². The number of carbonyl (C=O) groups excluding carboxylic acids is 3. The highest BCUT2D eigenvalue weighted by molar-refractivity contribution is 6.09. The Labute approximate surface area is 240 Å². The van der Waals surface area contributed by atoms with E-state index in [1.807, 2.05) is 39.0 Å². The molecule has 0 aromatic heterocycles. The molecule has 2 rings (SSSR count). The van der Waals surface area contributed by atoms with Gasteiger partial charge in [0.05, 0.1) is 18.4 Å². The van der Waals surface area contributed by atoms with E-state index >= 15 is 0 Å². The zero-order chi connectivity index (χ0) is 30.3. The van der Waals surface area contributed by atoms with E-state index in [1.54, 1.807) is 36.4 Å². The number of hydrogen-bond acceptors (Lipinski definition) is 6. The number of aliphatic hydroxyl groups excluding tert-OH is 1. The van der Waals surface area contributed by atoms with Crippen molar-refractivity contribution in [2.75, 3.05) is 13.2 Å². The average molecular weight is 553 g/mol. The first kappa shape index (κ1) is 33.2. The molecule has 0 amide bonds. The van der Waals surface area contributed by atoms with E-state index in [0.29, 0.717) is 29.7 Å². The quantitative estimate of drug-likeness (QED) is 0.162. The molecule has 6 nitrogen and oxygen atoms in total. The first-order valence-electron chi connectivity index (χ1n) is 14.2. The summed E-state index contributed by atoms with van der Waals surface area (Å²) in [6.45, 7) is 18.3. The number of rotatable bonds is 13. The van der Waals surface area contributed by atoms with Crippen molar-refractivity contribution in [3.05, 3.63) is 65.7 Å². The molecule has 2 unspecified atom stereocenters. The minimum Gasteiger partial charge on any atom is -0.463 e. The van der Waals surface area contributed by atoms with Gasteiger partial charge in [-0.15, -0.1) is 0 Å². The molecule has 0 aliphatic rings. The van der Waals surface area contributed by atoms with Crippen molar-refractivity contribution >= 4 is 17.7 Å². The highest BCUT2D eigenvalue weighted by Gasteiger charge is 2.50. The fourth-order valence-electron chi connectivity index (χ4n) is 5.01. The van der Waals surface area contributed by atoms with Crippen molar-refractivity contribution in [3.8, 4) is 5.75 Å². The summed E-state index contributed by atoms with van der Waals surface area (Å²) in [7, 11) is 0. The molecule has 220 valence electrons. The van der Waals surface area contributed by atoms with Gasteiger partial charge in [-0.2, -0.15) is 0 Å². The number of ketones is 1. The van der Waals surface area contributed by atoms with Gasteiger partial charge in [-0.1, -0.05) is 92.6 Å². The Hall–Kier alpha value is -2.99. The standard InChI is InChI=1S/C34H48O6/c1-23(2)21-27(30(37)39-20-19-35)34(8,9)33(6,7)22-28(32(3,4)5)31(38)40-26-17-15-25(16-18-26)29(36)24-13-11-10-12-14-24/h10-18,23,27-28,35H,19-22H2,1-9H3. The summed E-state index contributed by atoms with van der Waals surface area (Å²) < 4.78 is 11.2. The van der Waals surface area contributed by atoms with Gasteiger partial charge in [0.15, 0.2) is 5.78 Å². The van der Waals surface area contributed by atoms with E-state index < -0.39 is 28.1 Å². The van der Waals surface area contributed by atoms with Gasteiger partial charge < -0.3 is 14.6 Å². The number of aliphatic hydroxyl groups is 1. The van der Waals surface area contributed by atoms with Crippen molar-refractivity contribution in [1.82, 2.24) is 0 Å². The van der Waals surface area contributed by atoms with Crippen LogP contribution in [-0.4, -0.2) is 36.0 Å². The largest absolute Gasteiger partial charge is 0.463 e. The maximum absolute atomic E-state index is 13.6. The second kappa shape index (κ2) is 13.6. The van der Waals surface area contributed by atoms with Crippen molar-refractivity contribution in [3.63, 3.8) is 0 Å². The lowest BCUT2D eigenvalue weighted by Gasteiger charge is -2.49. The Bertz CT molecular complexity index is 1120. The fraction of sp³-hybridized carbons (Fsp3) is 0.559. The third kappa shape index (κ3) is 8.50. The van der Waals surface area contributed by atoms with E-state index in [2.05, 4.69) is 41.5 Å². The second-order valence-electron chi connectivity index (χ2n) is 13.4. The number of ether oxygens (including phenoxy) is 2. The van der Waals surface area contributed by atoms with Gasteiger partial charge in [-0.25, -0.2) is 0 Å². The molecule has 0 radical (unpaired) electrons. The molecule has 2 aromatic carbocycles. The van der Waals surface area contributed by atoms with E-state index in [4.69, 9.17) is 9.47 Å². The van der Waals surface area contributed by atoms with Crippen molar-refractivity contribution in [2.24, 2.45) is 34.0 Å². The average Bonchev–Trinajstić information content (AvgIpc) is 2.88. The lowest BCUT2D eigenvalue weighted by atomic mass is 9.55. The zero-order valence-electron chi connectivity index (χ0n) is 25.7. The summed E-state index contributed by atoms with van der Waals surface area (Å²) in [6, 6.07) is 15.7. The van der Waals surface area contributed by atoms with E-state index in [9.17, 15) is 19.5 Å². The summed E-state index contributed by atoms with van der Waals surface area (Å²) in [4.78, 5) is 39.5. The molecule has 0 heterocycles. The highest BCUT2D eigenvalue weighted by atomic mass is 16.5. The molecule has 0 saturated carbocycles. The van der Waals surface area contributed by atoms with Crippen LogP contribution in [0.2, 0.25) is 0 Å². The molecule has 0 aliphatic carbocycles. The number of carbonyl (C=O) groups is 3. The Morgan fingerprint density at radius 2 is 1.32 bits per heavy atom. The molecule has 6 heteroatoms. The normalized spacial score (nSPS) is 14.0. The van der Waals surface area contributed by atoms with Crippen molar-refractivity contribution in [2.45, 2.75) is 75.2 Å². The SMILES string of the molecule is CC(C)CC(C(=O)OCCO)C(C)(C)C(C)(C)CC(C(=O)Oc1ccc(C(=O)c2ccccc2)cc1)C(C)(C)C. The van der Waals surface area contributed by atoms with Crippen molar-refractivity contribution in [1.29, 1.82) is 0 Å². The molecule has 0 aliphatic heterocycles. The topological polar surface area (TPSA) is 89.9 Å². The third-order valence-electron chi connectivity index (χ3n) is 8.36. The molecular formula is C34H48O6. The Morgan fingerprint density at radius 1 is 0.775 bits per heavy atom. The Kier molecular flexibility index (Phi) is 11.3. The van der Waals surface area contributed by atoms with Crippen LogP contribution in [0.1, 0.15) is 91.1 Å². The Balaban J connectivity index is 2.27.